The Morgan fingerprint density at radius 2 is 1.14 bits per heavy atom. The molecule has 2 unspecified atom stereocenters. The van der Waals surface area contributed by atoms with E-state index in [0.29, 0.717) is 12.2 Å². The molecule has 0 saturated carbocycles. The third-order valence-corrected chi connectivity index (χ3v) is 9.98. The molecule has 0 aliphatic heterocycles. The minimum absolute atomic E-state index is 0.326. The summed E-state index contributed by atoms with van der Waals surface area (Å²) in [5, 5.41) is 6.64. The van der Waals surface area contributed by atoms with Gasteiger partial charge in [-0.05, 0) is 0 Å². The van der Waals surface area contributed by atoms with Gasteiger partial charge in [0.1, 0.15) is 0 Å². The van der Waals surface area contributed by atoms with Crippen molar-refractivity contribution in [3.8, 4) is 0 Å². The van der Waals surface area contributed by atoms with Crippen LogP contribution in [-0.2, 0) is 23.1 Å². The van der Waals surface area contributed by atoms with Gasteiger partial charge in [-0.1, -0.05) is 0 Å². The van der Waals surface area contributed by atoms with Crippen molar-refractivity contribution >= 4 is 0 Å². The van der Waals surface area contributed by atoms with Gasteiger partial charge in [-0.15, -0.1) is 0 Å². The van der Waals surface area contributed by atoms with E-state index in [2.05, 4.69) is 43.1 Å². The van der Waals surface area contributed by atoms with Gasteiger partial charge >= 0.3 is 91.3 Å². The molecule has 3 heteroatoms. The van der Waals surface area contributed by atoms with Gasteiger partial charge in [0.2, 0.25) is 0 Å². The van der Waals surface area contributed by atoms with Crippen LogP contribution in [0.1, 0.15) is 40.5 Å². The first-order valence-electron chi connectivity index (χ1n) is 5.56. The molecule has 0 aromatic rings. The fourth-order valence-electron chi connectivity index (χ4n) is 1.40. The molecule has 0 spiro atoms. The average molecular weight is 372 g/mol. The van der Waals surface area contributed by atoms with E-state index in [9.17, 15) is 0 Å². The molecule has 0 radical (unpaired) electrons. The standard InChI is InChI=1S/2C4H9O.3CH3.Ta/c2*1-3-4(2)5;;;;/h2*4H,3H2,1-2H3;3*1H3;/q2*-1;;;;+2. The molecule has 0 aliphatic rings. The normalized spacial score (nSPS) is 19.8. The van der Waals surface area contributed by atoms with E-state index in [4.69, 9.17) is 6.49 Å². The van der Waals surface area contributed by atoms with E-state index in [0.717, 1.165) is 12.8 Å². The predicted octanol–water partition coefficient (Wildman–Crippen LogP) is 4.28. The topological polar surface area (TPSA) is 18.5 Å². The first-order valence-corrected chi connectivity index (χ1v) is 17.8. The van der Waals surface area contributed by atoms with Gasteiger partial charge < -0.3 is 0 Å². The summed E-state index contributed by atoms with van der Waals surface area (Å²) >= 11 is -3.27. The summed E-state index contributed by atoms with van der Waals surface area (Å²) in [5.41, 5.74) is 0. The SMILES string of the molecule is CCC(C)[O][Ta]([CH3])([CH3])([CH3])[O]C(C)CC. The second-order valence-electron chi connectivity index (χ2n) is 5.16. The van der Waals surface area contributed by atoms with Crippen LogP contribution in [-0.4, -0.2) is 12.2 Å². The molecule has 0 saturated heterocycles. The Hall–Kier alpha value is 0.660. The van der Waals surface area contributed by atoms with E-state index in [1.807, 2.05) is 0 Å². The van der Waals surface area contributed by atoms with Gasteiger partial charge in [-0.2, -0.15) is 0 Å². The van der Waals surface area contributed by atoms with Crippen LogP contribution >= 0.6 is 0 Å². The molecule has 0 heterocycles. The zero-order chi connectivity index (χ0) is 11.4. The average Bonchev–Trinajstić information content (AvgIpc) is 2.01. The summed E-state index contributed by atoms with van der Waals surface area (Å²) in [5.74, 6) is 0. The Bertz CT molecular complexity index is 156. The van der Waals surface area contributed by atoms with E-state index in [-0.39, 0.29) is 0 Å². The Morgan fingerprint density at radius 1 is 0.857 bits per heavy atom. The van der Waals surface area contributed by atoms with E-state index in [1.54, 1.807) is 0 Å². The first kappa shape index (κ1) is 14.7. The molecule has 2 nitrogen and oxygen atoms in total. The number of rotatable bonds is 6. The summed E-state index contributed by atoms with van der Waals surface area (Å²) < 4.78 is 12.3. The summed E-state index contributed by atoms with van der Waals surface area (Å²) in [6, 6.07) is 0. The molecular formula is C11H27O2Ta. The van der Waals surface area contributed by atoms with Crippen LogP contribution in [0.2, 0.25) is 15.4 Å². The quantitative estimate of drug-likeness (QED) is 0.693. The third-order valence-electron chi connectivity index (χ3n) is 2.23. The maximum atomic E-state index is 6.14. The predicted molar refractivity (Wildman–Crippen MR) is 59.3 cm³/mol. The monoisotopic (exact) mass is 372 g/mol. The van der Waals surface area contributed by atoms with Gasteiger partial charge in [0.25, 0.3) is 0 Å². The van der Waals surface area contributed by atoms with Crippen molar-refractivity contribution in [1.82, 2.24) is 0 Å². The molecule has 0 aliphatic carbocycles. The summed E-state index contributed by atoms with van der Waals surface area (Å²) in [6.45, 7) is 8.56. The van der Waals surface area contributed by atoms with Crippen molar-refractivity contribution in [2.24, 2.45) is 0 Å². The third kappa shape index (κ3) is 6.20. The maximum absolute atomic E-state index is 6.14. The van der Waals surface area contributed by atoms with E-state index >= 15 is 0 Å². The first-order chi connectivity index (χ1) is 6.18. The summed E-state index contributed by atoms with van der Waals surface area (Å²) in [4.78, 5) is 0. The molecule has 0 amide bonds. The van der Waals surface area contributed by atoms with E-state index in [1.165, 1.54) is 0 Å². The molecule has 0 aromatic heterocycles. The van der Waals surface area contributed by atoms with Gasteiger partial charge in [0.15, 0.2) is 0 Å². The zero-order valence-electron chi connectivity index (χ0n) is 10.8. The van der Waals surface area contributed by atoms with Crippen molar-refractivity contribution in [2.75, 3.05) is 0 Å². The fraction of sp³-hybridized carbons (Fsp3) is 1.00. The molecule has 2 atom stereocenters. The molecule has 0 bridgehead atoms. The van der Waals surface area contributed by atoms with Crippen LogP contribution in [0, 0.1) is 0 Å². The molecular weight excluding hydrogens is 345 g/mol. The Morgan fingerprint density at radius 3 is 1.36 bits per heavy atom. The van der Waals surface area contributed by atoms with Crippen molar-refractivity contribution in [3.05, 3.63) is 0 Å². The van der Waals surface area contributed by atoms with Crippen LogP contribution in [0.4, 0.5) is 0 Å². The molecule has 0 fully saturated rings. The van der Waals surface area contributed by atoms with Gasteiger partial charge in [0.05, 0.1) is 0 Å². The Balaban J connectivity index is 4.35. The molecule has 0 rings (SSSR count). The second-order valence-corrected chi connectivity index (χ2v) is 24.7. The van der Waals surface area contributed by atoms with Crippen molar-refractivity contribution in [3.63, 3.8) is 0 Å². The molecule has 0 aromatic carbocycles. The molecule has 14 heavy (non-hydrogen) atoms. The molecule has 0 N–H and O–H groups in total. The van der Waals surface area contributed by atoms with E-state index < -0.39 is 16.6 Å². The van der Waals surface area contributed by atoms with Crippen LogP contribution in [0.3, 0.4) is 0 Å². The van der Waals surface area contributed by atoms with Crippen LogP contribution in [0.5, 0.6) is 0 Å². The van der Waals surface area contributed by atoms with Gasteiger partial charge in [0, 0.05) is 0 Å². The Labute approximate surface area is 91.3 Å². The molecule has 88 valence electrons. The van der Waals surface area contributed by atoms with Crippen LogP contribution in [0.25, 0.3) is 0 Å². The minimum atomic E-state index is -3.27. The van der Waals surface area contributed by atoms with Crippen molar-refractivity contribution in [1.29, 1.82) is 0 Å². The summed E-state index contributed by atoms with van der Waals surface area (Å²) in [7, 11) is 0. The summed E-state index contributed by atoms with van der Waals surface area (Å²) in [6.07, 6.45) is 2.77. The zero-order valence-corrected chi connectivity index (χ0v) is 14.0. The van der Waals surface area contributed by atoms with Crippen LogP contribution < -0.4 is 0 Å². The Kier molecular flexibility index (Phi) is 5.37. The van der Waals surface area contributed by atoms with Crippen LogP contribution in [0.15, 0.2) is 0 Å². The van der Waals surface area contributed by atoms with Crippen molar-refractivity contribution < 1.29 is 23.1 Å². The number of hydrogen-bond donors (Lipinski definition) is 0. The fourth-order valence-corrected chi connectivity index (χ4v) is 11.5. The van der Waals surface area contributed by atoms with Gasteiger partial charge in [-0.3, -0.25) is 0 Å². The van der Waals surface area contributed by atoms with Crippen molar-refractivity contribution in [2.45, 2.75) is 68.2 Å². The second kappa shape index (κ2) is 5.13. The van der Waals surface area contributed by atoms with Gasteiger partial charge in [-0.25, -0.2) is 0 Å². The number of hydrogen-bond acceptors (Lipinski definition) is 2.